The molecule has 3 heteroatoms. The topological polar surface area (TPSA) is 46.5 Å². The van der Waals surface area contributed by atoms with Gasteiger partial charge in [0.15, 0.2) is 0 Å². The Morgan fingerprint density at radius 3 is 1.91 bits per heavy atom. The van der Waals surface area contributed by atoms with Crippen LogP contribution in [0.2, 0.25) is 0 Å². The second-order valence-corrected chi connectivity index (χ2v) is 6.53. The first kappa shape index (κ1) is 22.2. The molecule has 0 aliphatic rings. The molecular formula is C20H38O3. The number of ether oxygens (including phenoxy) is 1. The van der Waals surface area contributed by atoms with Crippen molar-refractivity contribution in [3.05, 3.63) is 12.8 Å². The van der Waals surface area contributed by atoms with Gasteiger partial charge >= 0.3 is 5.97 Å². The van der Waals surface area contributed by atoms with Crippen LogP contribution in [0, 0.1) is 0 Å². The van der Waals surface area contributed by atoms with Crippen LogP contribution in [0.4, 0.5) is 0 Å². The molecule has 0 rings (SSSR count). The smallest absolute Gasteiger partial charge is 0.310 e. The van der Waals surface area contributed by atoms with Crippen molar-refractivity contribution >= 4 is 5.97 Å². The third kappa shape index (κ3) is 17.4. The van der Waals surface area contributed by atoms with E-state index < -0.39 is 0 Å². The molecule has 0 heterocycles. The SMILES string of the molecule is C=COC(=O)CCCCCCCCCC[C@H](O)CCCCCC. The van der Waals surface area contributed by atoms with Gasteiger partial charge in [0, 0.05) is 6.42 Å². The van der Waals surface area contributed by atoms with Crippen molar-refractivity contribution in [3.8, 4) is 0 Å². The molecule has 0 aromatic rings. The van der Waals surface area contributed by atoms with Crippen LogP contribution in [0.15, 0.2) is 12.8 Å². The number of aliphatic hydroxyl groups is 1. The van der Waals surface area contributed by atoms with Crippen molar-refractivity contribution in [1.82, 2.24) is 0 Å². The summed E-state index contributed by atoms with van der Waals surface area (Å²) in [5, 5.41) is 9.89. The second-order valence-electron chi connectivity index (χ2n) is 6.53. The molecule has 1 N–H and O–H groups in total. The van der Waals surface area contributed by atoms with Gasteiger partial charge in [-0.2, -0.15) is 0 Å². The third-order valence-corrected chi connectivity index (χ3v) is 4.27. The number of hydrogen-bond acceptors (Lipinski definition) is 3. The summed E-state index contributed by atoms with van der Waals surface area (Å²) < 4.78 is 4.67. The van der Waals surface area contributed by atoms with E-state index in [4.69, 9.17) is 0 Å². The summed E-state index contributed by atoms with van der Waals surface area (Å²) in [6.45, 7) is 5.58. The number of aliphatic hydroxyl groups excluding tert-OH is 1. The molecular weight excluding hydrogens is 288 g/mol. The fraction of sp³-hybridized carbons (Fsp3) is 0.850. The van der Waals surface area contributed by atoms with Gasteiger partial charge in [0.1, 0.15) is 0 Å². The van der Waals surface area contributed by atoms with Gasteiger partial charge in [0.2, 0.25) is 0 Å². The minimum absolute atomic E-state index is 0.0813. The van der Waals surface area contributed by atoms with E-state index in [0.717, 1.165) is 32.1 Å². The molecule has 3 nitrogen and oxygen atoms in total. The highest BCUT2D eigenvalue weighted by atomic mass is 16.5. The number of carbonyl (C=O) groups excluding carboxylic acids is 1. The first-order chi connectivity index (χ1) is 11.2. The zero-order valence-corrected chi connectivity index (χ0v) is 15.2. The van der Waals surface area contributed by atoms with E-state index in [1.807, 2.05) is 0 Å². The molecule has 0 aromatic heterocycles. The zero-order chi connectivity index (χ0) is 17.2. The number of unbranched alkanes of at least 4 members (excludes halogenated alkanes) is 10. The van der Waals surface area contributed by atoms with Crippen molar-refractivity contribution in [2.24, 2.45) is 0 Å². The van der Waals surface area contributed by atoms with E-state index in [-0.39, 0.29) is 12.1 Å². The van der Waals surface area contributed by atoms with Crippen molar-refractivity contribution in [2.75, 3.05) is 0 Å². The van der Waals surface area contributed by atoms with Crippen LogP contribution in [0.1, 0.15) is 103 Å². The van der Waals surface area contributed by atoms with Crippen molar-refractivity contribution in [2.45, 2.75) is 109 Å². The van der Waals surface area contributed by atoms with E-state index >= 15 is 0 Å². The van der Waals surface area contributed by atoms with Gasteiger partial charge < -0.3 is 9.84 Å². The van der Waals surface area contributed by atoms with Crippen LogP contribution in [-0.4, -0.2) is 17.2 Å². The highest BCUT2D eigenvalue weighted by Gasteiger charge is 2.03. The van der Waals surface area contributed by atoms with Crippen LogP contribution in [0.25, 0.3) is 0 Å². The summed E-state index contributed by atoms with van der Waals surface area (Å²) in [7, 11) is 0. The first-order valence-corrected chi connectivity index (χ1v) is 9.69. The molecule has 0 spiro atoms. The molecule has 1 atom stereocenters. The fourth-order valence-corrected chi connectivity index (χ4v) is 2.81. The normalized spacial score (nSPS) is 12.1. The molecule has 0 saturated heterocycles. The molecule has 0 fully saturated rings. The van der Waals surface area contributed by atoms with E-state index in [0.29, 0.717) is 6.42 Å². The lowest BCUT2D eigenvalue weighted by atomic mass is 10.0. The zero-order valence-electron chi connectivity index (χ0n) is 15.2. The maximum atomic E-state index is 11.1. The summed E-state index contributed by atoms with van der Waals surface area (Å²) in [5.41, 5.74) is 0. The summed E-state index contributed by atoms with van der Waals surface area (Å²) in [4.78, 5) is 11.1. The Morgan fingerprint density at radius 2 is 1.39 bits per heavy atom. The number of carbonyl (C=O) groups is 1. The monoisotopic (exact) mass is 326 g/mol. The van der Waals surface area contributed by atoms with E-state index in [1.54, 1.807) is 0 Å². The molecule has 0 unspecified atom stereocenters. The van der Waals surface area contributed by atoms with Crippen LogP contribution in [0.3, 0.4) is 0 Å². The maximum absolute atomic E-state index is 11.1. The predicted octanol–water partition coefficient (Wildman–Crippen LogP) is 5.91. The van der Waals surface area contributed by atoms with Crippen LogP contribution >= 0.6 is 0 Å². The first-order valence-electron chi connectivity index (χ1n) is 9.69. The lowest BCUT2D eigenvalue weighted by molar-refractivity contribution is -0.138. The highest BCUT2D eigenvalue weighted by Crippen LogP contribution is 2.14. The molecule has 0 aliphatic carbocycles. The van der Waals surface area contributed by atoms with Crippen LogP contribution in [0.5, 0.6) is 0 Å². The standard InChI is InChI=1S/C20H38O3/c1-3-5-6-13-16-19(21)17-14-11-9-7-8-10-12-15-18-20(22)23-4-2/h4,19,21H,2-3,5-18H2,1H3/t19-/m1/s1. The highest BCUT2D eigenvalue weighted by molar-refractivity contribution is 5.69. The third-order valence-electron chi connectivity index (χ3n) is 4.27. The molecule has 0 aromatic carbocycles. The van der Waals surface area contributed by atoms with Crippen molar-refractivity contribution in [1.29, 1.82) is 0 Å². The quantitative estimate of drug-likeness (QED) is 0.205. The maximum Gasteiger partial charge on any atom is 0.310 e. The average Bonchev–Trinajstić information content (AvgIpc) is 2.53. The Balaban J connectivity index is 3.18. The second kappa shape index (κ2) is 17.5. The van der Waals surface area contributed by atoms with Crippen LogP contribution < -0.4 is 0 Å². The Labute approximate surface area is 143 Å². The molecule has 23 heavy (non-hydrogen) atoms. The largest absolute Gasteiger partial charge is 0.435 e. The lowest BCUT2D eigenvalue weighted by Gasteiger charge is -2.10. The van der Waals surface area contributed by atoms with Gasteiger partial charge in [-0.15, -0.1) is 0 Å². The predicted molar refractivity (Wildman–Crippen MR) is 97.2 cm³/mol. The van der Waals surface area contributed by atoms with Gasteiger partial charge in [0.25, 0.3) is 0 Å². The molecule has 0 amide bonds. The molecule has 0 bridgehead atoms. The molecule has 0 aliphatic heterocycles. The Kier molecular flexibility index (Phi) is 16.9. The summed E-state index contributed by atoms with van der Waals surface area (Å²) in [6.07, 6.45) is 17.9. The molecule has 0 radical (unpaired) electrons. The summed E-state index contributed by atoms with van der Waals surface area (Å²) >= 11 is 0. The van der Waals surface area contributed by atoms with Gasteiger partial charge in [-0.1, -0.05) is 84.1 Å². The summed E-state index contributed by atoms with van der Waals surface area (Å²) in [5.74, 6) is -0.173. The Morgan fingerprint density at radius 1 is 0.913 bits per heavy atom. The number of rotatable bonds is 17. The molecule has 136 valence electrons. The van der Waals surface area contributed by atoms with Gasteiger partial charge in [-0.05, 0) is 19.3 Å². The average molecular weight is 327 g/mol. The number of hydrogen-bond donors (Lipinski definition) is 1. The van der Waals surface area contributed by atoms with E-state index in [2.05, 4.69) is 18.2 Å². The lowest BCUT2D eigenvalue weighted by Crippen LogP contribution is -2.05. The van der Waals surface area contributed by atoms with E-state index in [9.17, 15) is 9.90 Å². The minimum atomic E-state index is -0.173. The van der Waals surface area contributed by atoms with Gasteiger partial charge in [-0.3, -0.25) is 4.79 Å². The Hall–Kier alpha value is -0.830. The van der Waals surface area contributed by atoms with Gasteiger partial charge in [0.05, 0.1) is 12.4 Å². The minimum Gasteiger partial charge on any atom is -0.435 e. The Bertz CT molecular complexity index is 276. The van der Waals surface area contributed by atoms with Crippen molar-refractivity contribution < 1.29 is 14.6 Å². The van der Waals surface area contributed by atoms with Gasteiger partial charge in [-0.25, -0.2) is 0 Å². The molecule has 0 saturated carbocycles. The van der Waals surface area contributed by atoms with Crippen molar-refractivity contribution in [3.63, 3.8) is 0 Å². The van der Waals surface area contributed by atoms with E-state index in [1.165, 1.54) is 64.0 Å². The fourth-order valence-electron chi connectivity index (χ4n) is 2.81. The number of esters is 1. The summed E-state index contributed by atoms with van der Waals surface area (Å²) in [6, 6.07) is 0. The van der Waals surface area contributed by atoms with Crippen LogP contribution in [-0.2, 0) is 9.53 Å².